The molecule has 0 saturated carbocycles. The fraction of sp³-hybridized carbons (Fsp3) is 0.333. The van der Waals surface area contributed by atoms with Crippen molar-refractivity contribution in [2.24, 2.45) is 0 Å². The van der Waals surface area contributed by atoms with E-state index in [0.717, 1.165) is 4.90 Å². The number of ether oxygens (including phenoxy) is 1. The lowest BCUT2D eigenvalue weighted by molar-refractivity contribution is -0.171. The van der Waals surface area contributed by atoms with Gasteiger partial charge in [-0.05, 0) is 17.7 Å². The highest BCUT2D eigenvalue weighted by Gasteiger charge is 2.40. The summed E-state index contributed by atoms with van der Waals surface area (Å²) in [6.07, 6.45) is -1.48. The zero-order valence-corrected chi connectivity index (χ0v) is 10.3. The monoisotopic (exact) mass is 289 g/mol. The Morgan fingerprint density at radius 2 is 1.90 bits per heavy atom. The van der Waals surface area contributed by atoms with Gasteiger partial charge in [0.1, 0.15) is 6.61 Å². The van der Waals surface area contributed by atoms with E-state index in [-0.39, 0.29) is 5.56 Å². The number of rotatable bonds is 2. The Labute approximate surface area is 111 Å². The summed E-state index contributed by atoms with van der Waals surface area (Å²) in [6.45, 7) is -0.448. The molecule has 1 aliphatic rings. The zero-order valence-electron chi connectivity index (χ0n) is 10.3. The first-order valence-electron chi connectivity index (χ1n) is 5.57. The first-order chi connectivity index (χ1) is 9.32. The van der Waals surface area contributed by atoms with E-state index in [9.17, 15) is 22.8 Å². The second-order valence-corrected chi connectivity index (χ2v) is 4.32. The van der Waals surface area contributed by atoms with Crippen molar-refractivity contribution in [3.63, 3.8) is 0 Å². The maximum atomic E-state index is 13.2. The third-order valence-corrected chi connectivity index (χ3v) is 3.07. The number of carboxylic acid groups (broad SMARTS) is 1. The van der Waals surface area contributed by atoms with Gasteiger partial charge in [0, 0.05) is 7.05 Å². The number of carbonyl (C=O) groups is 2. The first-order valence-corrected chi connectivity index (χ1v) is 5.57. The smallest absolute Gasteiger partial charge is 0.335 e. The summed E-state index contributed by atoms with van der Waals surface area (Å²) in [7, 11) is 1.28. The van der Waals surface area contributed by atoms with E-state index < -0.39 is 48.1 Å². The van der Waals surface area contributed by atoms with E-state index in [1.54, 1.807) is 0 Å². The SMILES string of the molecule is CN1C(=O)COC(C(=O)O)C1c1cc(F)c(F)c(F)c1. The third-order valence-electron chi connectivity index (χ3n) is 3.07. The normalized spacial score (nSPS) is 23.0. The van der Waals surface area contributed by atoms with Gasteiger partial charge in [0.05, 0.1) is 6.04 Å². The van der Waals surface area contributed by atoms with E-state index in [1.165, 1.54) is 7.05 Å². The molecule has 2 unspecified atom stereocenters. The van der Waals surface area contributed by atoms with E-state index in [4.69, 9.17) is 9.84 Å². The highest BCUT2D eigenvalue weighted by atomic mass is 19.2. The molecule has 1 heterocycles. The Bertz CT molecular complexity index is 555. The van der Waals surface area contributed by atoms with E-state index in [0.29, 0.717) is 12.1 Å². The lowest BCUT2D eigenvalue weighted by atomic mass is 9.98. The molecule has 0 spiro atoms. The second kappa shape index (κ2) is 5.12. The van der Waals surface area contributed by atoms with Gasteiger partial charge < -0.3 is 14.7 Å². The molecule has 5 nitrogen and oxygen atoms in total. The van der Waals surface area contributed by atoms with Crippen LogP contribution in [0.25, 0.3) is 0 Å². The van der Waals surface area contributed by atoms with Crippen LogP contribution in [-0.4, -0.2) is 41.6 Å². The van der Waals surface area contributed by atoms with Crippen LogP contribution in [0, 0.1) is 17.5 Å². The molecule has 1 amide bonds. The standard InChI is InChI=1S/C12H10F3NO4/c1-16-8(17)4-20-11(12(18)19)10(16)5-2-6(13)9(15)7(14)3-5/h2-3,10-11H,4H2,1H3,(H,18,19). The summed E-state index contributed by atoms with van der Waals surface area (Å²) in [6, 6.07) is 0.0629. The molecule has 108 valence electrons. The Hall–Kier alpha value is -2.09. The maximum absolute atomic E-state index is 13.2. The van der Waals surface area contributed by atoms with Crippen molar-refractivity contribution in [1.29, 1.82) is 0 Å². The Balaban J connectivity index is 2.50. The number of hydrogen-bond donors (Lipinski definition) is 1. The van der Waals surface area contributed by atoms with Gasteiger partial charge in [-0.1, -0.05) is 0 Å². The van der Waals surface area contributed by atoms with Crippen molar-refractivity contribution in [2.75, 3.05) is 13.7 Å². The lowest BCUT2D eigenvalue weighted by Gasteiger charge is -2.37. The number of carbonyl (C=O) groups excluding carboxylic acids is 1. The summed E-state index contributed by atoms with van der Waals surface area (Å²) in [5.74, 6) is -6.52. The van der Waals surface area contributed by atoms with Crippen molar-refractivity contribution >= 4 is 11.9 Å². The average molecular weight is 289 g/mol. The lowest BCUT2D eigenvalue weighted by Crippen LogP contribution is -2.50. The van der Waals surface area contributed by atoms with Crippen LogP contribution in [0.4, 0.5) is 13.2 Å². The first kappa shape index (κ1) is 14.3. The summed E-state index contributed by atoms with van der Waals surface area (Å²) >= 11 is 0. The van der Waals surface area contributed by atoms with Gasteiger partial charge in [0.25, 0.3) is 0 Å². The average Bonchev–Trinajstić information content (AvgIpc) is 2.38. The number of nitrogens with zero attached hydrogens (tertiary/aromatic N) is 1. The summed E-state index contributed by atoms with van der Waals surface area (Å²) in [5, 5.41) is 9.04. The molecule has 1 saturated heterocycles. The second-order valence-electron chi connectivity index (χ2n) is 4.32. The molecule has 0 radical (unpaired) electrons. The molecule has 1 aromatic rings. The molecule has 8 heteroatoms. The minimum atomic E-state index is -1.66. The number of likely N-dealkylation sites (N-methyl/N-ethyl adjacent to an activating group) is 1. The Kier molecular flexibility index (Phi) is 3.67. The largest absolute Gasteiger partial charge is 0.479 e. The van der Waals surface area contributed by atoms with Gasteiger partial charge in [-0.15, -0.1) is 0 Å². The van der Waals surface area contributed by atoms with Crippen LogP contribution in [0.5, 0.6) is 0 Å². The fourth-order valence-electron chi connectivity index (χ4n) is 2.06. The van der Waals surface area contributed by atoms with Gasteiger partial charge in [-0.25, -0.2) is 18.0 Å². The highest BCUT2D eigenvalue weighted by Crippen LogP contribution is 2.30. The van der Waals surface area contributed by atoms with E-state index >= 15 is 0 Å². The van der Waals surface area contributed by atoms with E-state index in [2.05, 4.69) is 0 Å². The summed E-state index contributed by atoms with van der Waals surface area (Å²) < 4.78 is 44.3. The van der Waals surface area contributed by atoms with Gasteiger partial charge in [0.2, 0.25) is 5.91 Å². The van der Waals surface area contributed by atoms with Gasteiger partial charge in [0.15, 0.2) is 23.6 Å². The molecular weight excluding hydrogens is 279 g/mol. The zero-order chi connectivity index (χ0) is 15.0. The third kappa shape index (κ3) is 2.34. The van der Waals surface area contributed by atoms with Crippen molar-refractivity contribution in [1.82, 2.24) is 4.90 Å². The van der Waals surface area contributed by atoms with Crippen LogP contribution in [0.2, 0.25) is 0 Å². The number of halogens is 3. The van der Waals surface area contributed by atoms with Crippen LogP contribution in [-0.2, 0) is 14.3 Å². The number of benzene rings is 1. The van der Waals surface area contributed by atoms with Crippen molar-refractivity contribution in [2.45, 2.75) is 12.1 Å². The van der Waals surface area contributed by atoms with Crippen molar-refractivity contribution in [3.8, 4) is 0 Å². The van der Waals surface area contributed by atoms with Gasteiger partial charge in [-0.3, -0.25) is 4.79 Å². The molecule has 1 aliphatic heterocycles. The number of carboxylic acids is 1. The number of aliphatic carboxylic acids is 1. The van der Waals surface area contributed by atoms with Crippen LogP contribution >= 0.6 is 0 Å². The number of amides is 1. The van der Waals surface area contributed by atoms with Gasteiger partial charge >= 0.3 is 5.97 Å². The molecular formula is C12H10F3NO4. The van der Waals surface area contributed by atoms with Crippen LogP contribution < -0.4 is 0 Å². The molecule has 1 aromatic carbocycles. The minimum Gasteiger partial charge on any atom is -0.479 e. The summed E-state index contributed by atoms with van der Waals surface area (Å²) in [4.78, 5) is 23.6. The molecule has 1 N–H and O–H groups in total. The maximum Gasteiger partial charge on any atom is 0.335 e. The predicted octanol–water partition coefficient (Wildman–Crippen LogP) is 1.09. The molecule has 0 aliphatic carbocycles. The number of hydrogen-bond acceptors (Lipinski definition) is 3. The Morgan fingerprint density at radius 3 is 2.40 bits per heavy atom. The molecule has 1 fully saturated rings. The quantitative estimate of drug-likeness (QED) is 0.828. The molecule has 20 heavy (non-hydrogen) atoms. The van der Waals surface area contributed by atoms with Crippen LogP contribution in [0.1, 0.15) is 11.6 Å². The van der Waals surface area contributed by atoms with Crippen molar-refractivity contribution in [3.05, 3.63) is 35.1 Å². The molecule has 0 bridgehead atoms. The Morgan fingerprint density at radius 1 is 1.35 bits per heavy atom. The van der Waals surface area contributed by atoms with E-state index in [1.807, 2.05) is 0 Å². The minimum absolute atomic E-state index is 0.190. The molecule has 2 rings (SSSR count). The number of morpholine rings is 1. The topological polar surface area (TPSA) is 66.8 Å². The van der Waals surface area contributed by atoms with Gasteiger partial charge in [-0.2, -0.15) is 0 Å². The molecule has 0 aromatic heterocycles. The molecule has 2 atom stereocenters. The van der Waals surface area contributed by atoms with Crippen LogP contribution in [0.15, 0.2) is 12.1 Å². The van der Waals surface area contributed by atoms with Crippen LogP contribution in [0.3, 0.4) is 0 Å². The predicted molar refractivity (Wildman–Crippen MR) is 59.2 cm³/mol. The highest BCUT2D eigenvalue weighted by molar-refractivity contribution is 5.82. The fourth-order valence-corrected chi connectivity index (χ4v) is 2.06. The van der Waals surface area contributed by atoms with Crippen molar-refractivity contribution < 1.29 is 32.6 Å². The summed E-state index contributed by atoms with van der Waals surface area (Å²) in [5.41, 5.74) is -0.190.